The summed E-state index contributed by atoms with van der Waals surface area (Å²) in [6, 6.07) is 13.5. The fraction of sp³-hybridized carbons (Fsp3) is 0.174. The molecule has 1 heterocycles. The predicted octanol–water partition coefficient (Wildman–Crippen LogP) is 6.09. The summed E-state index contributed by atoms with van der Waals surface area (Å²) in [6.07, 6.45) is -2.72. The quantitative estimate of drug-likeness (QED) is 0.318. The van der Waals surface area contributed by atoms with Crippen molar-refractivity contribution >= 4 is 29.1 Å². The lowest BCUT2D eigenvalue weighted by molar-refractivity contribution is -0.137. The number of methoxy groups -OCH3 is 1. The number of halogens is 4. The van der Waals surface area contributed by atoms with Crippen molar-refractivity contribution in [2.45, 2.75) is 19.0 Å². The SMILES string of the molecule is COC(=N)c1cc(Oc2cccc(CCC(=O)Nc3ccc(Cl)c(C(F)(F)F)c3)c2)ccn1. The van der Waals surface area contributed by atoms with Crippen molar-refractivity contribution in [2.75, 3.05) is 12.4 Å². The van der Waals surface area contributed by atoms with Crippen molar-refractivity contribution in [3.8, 4) is 11.5 Å². The van der Waals surface area contributed by atoms with Gasteiger partial charge in [-0.3, -0.25) is 15.2 Å². The third-order valence-corrected chi connectivity index (χ3v) is 4.83. The number of ether oxygens (including phenoxy) is 2. The van der Waals surface area contributed by atoms with Crippen LogP contribution < -0.4 is 10.1 Å². The van der Waals surface area contributed by atoms with Crippen LogP contribution in [0.25, 0.3) is 0 Å². The summed E-state index contributed by atoms with van der Waals surface area (Å²) in [6.45, 7) is 0. The molecule has 0 aliphatic carbocycles. The summed E-state index contributed by atoms with van der Waals surface area (Å²) >= 11 is 5.60. The van der Waals surface area contributed by atoms with Crippen LogP contribution >= 0.6 is 11.6 Å². The maximum atomic E-state index is 13.0. The van der Waals surface area contributed by atoms with E-state index in [1.807, 2.05) is 6.07 Å². The van der Waals surface area contributed by atoms with Crippen LogP contribution in [0.5, 0.6) is 11.5 Å². The normalized spacial score (nSPS) is 11.1. The van der Waals surface area contributed by atoms with Gasteiger partial charge >= 0.3 is 6.18 Å². The van der Waals surface area contributed by atoms with Crippen LogP contribution in [0.2, 0.25) is 5.02 Å². The molecule has 0 bridgehead atoms. The Morgan fingerprint density at radius 1 is 1.12 bits per heavy atom. The first kappa shape index (κ1) is 24.1. The third-order valence-electron chi connectivity index (χ3n) is 4.50. The topological polar surface area (TPSA) is 84.3 Å². The second-order valence-electron chi connectivity index (χ2n) is 6.90. The van der Waals surface area contributed by atoms with Gasteiger partial charge in [-0.05, 0) is 48.4 Å². The lowest BCUT2D eigenvalue weighted by Crippen LogP contribution is -2.14. The Bertz CT molecular complexity index is 1170. The molecule has 6 nitrogen and oxygen atoms in total. The number of carbonyl (C=O) groups excluding carboxylic acids is 1. The molecule has 10 heteroatoms. The van der Waals surface area contributed by atoms with E-state index in [0.717, 1.165) is 17.7 Å². The van der Waals surface area contributed by atoms with Crippen LogP contribution in [0.15, 0.2) is 60.8 Å². The zero-order valence-electron chi connectivity index (χ0n) is 17.4. The van der Waals surface area contributed by atoms with E-state index >= 15 is 0 Å². The van der Waals surface area contributed by atoms with Crippen molar-refractivity contribution in [3.05, 3.63) is 82.6 Å². The summed E-state index contributed by atoms with van der Waals surface area (Å²) in [5, 5.41) is 9.70. The van der Waals surface area contributed by atoms with Crippen LogP contribution in [0.4, 0.5) is 18.9 Å². The Morgan fingerprint density at radius 2 is 1.88 bits per heavy atom. The fourth-order valence-electron chi connectivity index (χ4n) is 2.91. The van der Waals surface area contributed by atoms with Gasteiger partial charge in [0.15, 0.2) is 0 Å². The van der Waals surface area contributed by atoms with Gasteiger partial charge in [0, 0.05) is 24.4 Å². The molecule has 3 rings (SSSR count). The summed E-state index contributed by atoms with van der Waals surface area (Å²) in [5.41, 5.74) is 0.128. The van der Waals surface area contributed by atoms with E-state index in [0.29, 0.717) is 23.6 Å². The average molecular weight is 478 g/mol. The molecular weight excluding hydrogens is 459 g/mol. The largest absolute Gasteiger partial charge is 0.480 e. The van der Waals surface area contributed by atoms with E-state index in [1.165, 1.54) is 19.4 Å². The number of pyridine rings is 1. The smallest absolute Gasteiger partial charge is 0.417 e. The van der Waals surface area contributed by atoms with Gasteiger partial charge in [-0.25, -0.2) is 0 Å². The van der Waals surface area contributed by atoms with Gasteiger partial charge in [-0.15, -0.1) is 0 Å². The van der Waals surface area contributed by atoms with Crippen molar-refractivity contribution in [3.63, 3.8) is 0 Å². The highest BCUT2D eigenvalue weighted by Crippen LogP contribution is 2.36. The summed E-state index contributed by atoms with van der Waals surface area (Å²) < 4.78 is 49.6. The Kier molecular flexibility index (Phi) is 7.55. The first-order valence-electron chi connectivity index (χ1n) is 9.68. The maximum absolute atomic E-state index is 13.0. The molecular formula is C23H19ClF3N3O3. The molecule has 0 saturated heterocycles. The number of rotatable bonds is 7. The molecule has 3 aromatic rings. The molecule has 0 unspecified atom stereocenters. The Morgan fingerprint density at radius 3 is 2.61 bits per heavy atom. The fourth-order valence-corrected chi connectivity index (χ4v) is 3.13. The monoisotopic (exact) mass is 477 g/mol. The number of nitrogens with one attached hydrogen (secondary N) is 2. The number of aryl methyl sites for hydroxylation is 1. The molecule has 172 valence electrons. The zero-order valence-corrected chi connectivity index (χ0v) is 18.1. The van der Waals surface area contributed by atoms with E-state index in [9.17, 15) is 18.0 Å². The molecule has 0 aliphatic heterocycles. The highest BCUT2D eigenvalue weighted by Gasteiger charge is 2.33. The molecule has 0 spiro atoms. The van der Waals surface area contributed by atoms with Gasteiger partial charge in [-0.2, -0.15) is 13.2 Å². The molecule has 0 fully saturated rings. The van der Waals surface area contributed by atoms with Crippen LogP contribution in [-0.2, 0) is 22.1 Å². The Hall–Kier alpha value is -3.59. The molecule has 0 aliphatic rings. The van der Waals surface area contributed by atoms with Gasteiger partial charge in [0.2, 0.25) is 11.8 Å². The highest BCUT2D eigenvalue weighted by atomic mass is 35.5. The zero-order chi connectivity index (χ0) is 24.0. The van der Waals surface area contributed by atoms with Gasteiger partial charge in [0.05, 0.1) is 17.7 Å². The van der Waals surface area contributed by atoms with Crippen LogP contribution in [-0.4, -0.2) is 23.9 Å². The van der Waals surface area contributed by atoms with Crippen molar-refractivity contribution in [1.29, 1.82) is 5.41 Å². The number of alkyl halides is 3. The van der Waals surface area contributed by atoms with Gasteiger partial charge < -0.3 is 14.8 Å². The molecule has 2 aromatic carbocycles. The summed E-state index contributed by atoms with van der Waals surface area (Å²) in [5.74, 6) is 0.443. The first-order valence-corrected chi connectivity index (χ1v) is 10.1. The number of benzene rings is 2. The minimum atomic E-state index is -4.61. The number of hydrogen-bond donors (Lipinski definition) is 2. The maximum Gasteiger partial charge on any atom is 0.417 e. The average Bonchev–Trinajstić information content (AvgIpc) is 2.78. The lowest BCUT2D eigenvalue weighted by Gasteiger charge is -2.12. The van der Waals surface area contributed by atoms with Crippen LogP contribution in [0.3, 0.4) is 0 Å². The summed E-state index contributed by atoms with van der Waals surface area (Å²) in [4.78, 5) is 16.3. The minimum Gasteiger partial charge on any atom is -0.480 e. The van der Waals surface area contributed by atoms with Crippen molar-refractivity contribution in [2.24, 2.45) is 0 Å². The van der Waals surface area contributed by atoms with E-state index in [4.69, 9.17) is 26.5 Å². The lowest BCUT2D eigenvalue weighted by atomic mass is 10.1. The van der Waals surface area contributed by atoms with E-state index in [2.05, 4.69) is 10.3 Å². The molecule has 1 aromatic heterocycles. The van der Waals surface area contributed by atoms with Crippen LogP contribution in [0, 0.1) is 5.41 Å². The van der Waals surface area contributed by atoms with Gasteiger partial charge in [0.1, 0.15) is 17.2 Å². The van der Waals surface area contributed by atoms with Crippen molar-refractivity contribution < 1.29 is 27.4 Å². The van der Waals surface area contributed by atoms with E-state index < -0.39 is 22.7 Å². The molecule has 2 N–H and O–H groups in total. The number of amides is 1. The number of carbonyl (C=O) groups is 1. The number of hydrogen-bond acceptors (Lipinski definition) is 5. The molecule has 1 amide bonds. The number of aromatic nitrogens is 1. The first-order chi connectivity index (χ1) is 15.7. The van der Waals surface area contributed by atoms with Crippen molar-refractivity contribution in [1.82, 2.24) is 4.98 Å². The predicted molar refractivity (Wildman–Crippen MR) is 118 cm³/mol. The third kappa shape index (κ3) is 6.69. The second-order valence-corrected chi connectivity index (χ2v) is 7.31. The molecule has 33 heavy (non-hydrogen) atoms. The van der Waals surface area contributed by atoms with Gasteiger partial charge in [-0.1, -0.05) is 23.7 Å². The minimum absolute atomic E-state index is 0.0175. The molecule has 0 radical (unpaired) electrons. The number of nitrogens with zero attached hydrogens (tertiary/aromatic N) is 1. The van der Waals surface area contributed by atoms with Gasteiger partial charge in [0.25, 0.3) is 0 Å². The number of anilines is 1. The summed E-state index contributed by atoms with van der Waals surface area (Å²) in [7, 11) is 1.37. The Labute approximate surface area is 192 Å². The highest BCUT2D eigenvalue weighted by molar-refractivity contribution is 6.31. The van der Waals surface area contributed by atoms with E-state index in [-0.39, 0.29) is 18.0 Å². The Balaban J connectivity index is 1.61. The molecule has 0 atom stereocenters. The van der Waals surface area contributed by atoms with E-state index in [1.54, 1.807) is 30.3 Å². The standard InChI is InChI=1S/C23H19ClF3N3O3/c1-32-22(28)20-13-17(9-10-29-20)33-16-4-2-3-14(11-16)5-8-21(31)30-15-6-7-19(24)18(12-15)23(25,26)27/h2-4,6-7,9-13,28H,5,8H2,1H3,(H,30,31). The van der Waals surface area contributed by atoms with Crippen LogP contribution in [0.1, 0.15) is 23.2 Å². The molecule has 0 saturated carbocycles. The second kappa shape index (κ2) is 10.4.